The highest BCUT2D eigenvalue weighted by Gasteiger charge is 2.03. The minimum absolute atomic E-state index is 0.562. The molecule has 1 rings (SSSR count). The van der Waals surface area contributed by atoms with E-state index in [4.69, 9.17) is 28.6 Å². The molecule has 3 nitrogen and oxygen atoms in total. The zero-order valence-electron chi connectivity index (χ0n) is 10.9. The summed E-state index contributed by atoms with van der Waals surface area (Å²) in [5, 5.41) is 7.42. The topological polar surface area (TPSA) is 33.3 Å². The van der Waals surface area contributed by atoms with E-state index in [1.165, 1.54) is 0 Å². The molecule has 18 heavy (non-hydrogen) atoms. The van der Waals surface area contributed by atoms with Gasteiger partial charge < -0.3 is 15.4 Å². The highest BCUT2D eigenvalue weighted by molar-refractivity contribution is 7.80. The van der Waals surface area contributed by atoms with Crippen molar-refractivity contribution < 1.29 is 4.74 Å². The molecule has 0 saturated carbocycles. The third kappa shape index (κ3) is 5.10. The highest BCUT2D eigenvalue weighted by atomic mass is 35.5. The van der Waals surface area contributed by atoms with E-state index in [2.05, 4.69) is 24.5 Å². The number of rotatable bonds is 5. The second kappa shape index (κ2) is 7.44. The molecule has 0 fully saturated rings. The molecule has 5 heteroatoms. The fourth-order valence-electron chi connectivity index (χ4n) is 1.39. The van der Waals surface area contributed by atoms with Gasteiger partial charge in [0.2, 0.25) is 0 Å². The van der Waals surface area contributed by atoms with Crippen molar-refractivity contribution in [1.29, 1.82) is 0 Å². The van der Waals surface area contributed by atoms with Crippen LogP contribution in [0.5, 0.6) is 5.75 Å². The average Bonchev–Trinajstić information content (AvgIpc) is 2.28. The van der Waals surface area contributed by atoms with E-state index >= 15 is 0 Å². The number of ether oxygens (including phenoxy) is 1. The Kier molecular flexibility index (Phi) is 6.22. The molecule has 0 spiro atoms. The molecule has 1 aromatic carbocycles. The Hall–Kier alpha value is -1.00. The molecule has 0 aliphatic carbocycles. The van der Waals surface area contributed by atoms with E-state index < -0.39 is 0 Å². The summed E-state index contributed by atoms with van der Waals surface area (Å²) in [6.45, 7) is 5.23. The van der Waals surface area contributed by atoms with E-state index in [0.717, 1.165) is 18.7 Å². The Balaban J connectivity index is 2.47. The van der Waals surface area contributed by atoms with Crippen molar-refractivity contribution in [2.24, 2.45) is 5.92 Å². The summed E-state index contributed by atoms with van der Waals surface area (Å²) >= 11 is 11.2. The molecule has 0 saturated heterocycles. The normalized spacial score (nSPS) is 10.3. The Morgan fingerprint density at radius 3 is 2.72 bits per heavy atom. The monoisotopic (exact) mass is 286 g/mol. The summed E-state index contributed by atoms with van der Waals surface area (Å²) in [6.07, 6.45) is 1.09. The fourth-order valence-corrected chi connectivity index (χ4v) is 1.87. The van der Waals surface area contributed by atoms with Gasteiger partial charge in [-0.25, -0.2) is 0 Å². The van der Waals surface area contributed by atoms with E-state index in [9.17, 15) is 0 Å². The smallest absolute Gasteiger partial charge is 0.170 e. The summed E-state index contributed by atoms with van der Waals surface area (Å²) in [5.41, 5.74) is 0.850. The highest BCUT2D eigenvalue weighted by Crippen LogP contribution is 2.27. The molecule has 0 atom stereocenters. The SMILES string of the molecule is COc1ccc(NC(=S)NCCC(C)C)cc1Cl. The van der Waals surface area contributed by atoms with E-state index in [-0.39, 0.29) is 0 Å². The van der Waals surface area contributed by atoms with E-state index in [0.29, 0.717) is 21.8 Å². The van der Waals surface area contributed by atoms with Crippen molar-refractivity contribution in [3.05, 3.63) is 23.2 Å². The van der Waals surface area contributed by atoms with Gasteiger partial charge in [0.15, 0.2) is 5.11 Å². The zero-order valence-corrected chi connectivity index (χ0v) is 12.5. The van der Waals surface area contributed by atoms with Gasteiger partial charge in [0.25, 0.3) is 0 Å². The molecule has 0 aliphatic rings. The molecule has 2 N–H and O–H groups in total. The molecule has 0 bridgehead atoms. The maximum atomic E-state index is 6.03. The Morgan fingerprint density at radius 1 is 1.44 bits per heavy atom. The van der Waals surface area contributed by atoms with Gasteiger partial charge in [-0.1, -0.05) is 25.4 Å². The maximum Gasteiger partial charge on any atom is 0.170 e. The number of methoxy groups -OCH3 is 1. The van der Waals surface area contributed by atoms with Gasteiger partial charge in [-0.15, -0.1) is 0 Å². The van der Waals surface area contributed by atoms with Gasteiger partial charge in [0, 0.05) is 12.2 Å². The molecule has 1 aromatic rings. The number of halogens is 1. The fraction of sp³-hybridized carbons (Fsp3) is 0.462. The third-order valence-electron chi connectivity index (χ3n) is 2.42. The summed E-state index contributed by atoms with van der Waals surface area (Å²) < 4.78 is 5.09. The molecule has 0 radical (unpaired) electrons. The van der Waals surface area contributed by atoms with Crippen molar-refractivity contribution in [2.75, 3.05) is 19.0 Å². The lowest BCUT2D eigenvalue weighted by Gasteiger charge is -2.12. The van der Waals surface area contributed by atoms with Gasteiger partial charge in [-0.2, -0.15) is 0 Å². The number of anilines is 1. The predicted octanol–water partition coefficient (Wildman–Crippen LogP) is 3.68. The average molecular weight is 287 g/mol. The van der Waals surface area contributed by atoms with Crippen LogP contribution in [-0.2, 0) is 0 Å². The summed E-state index contributed by atoms with van der Waals surface area (Å²) in [5.74, 6) is 1.32. The lowest BCUT2D eigenvalue weighted by atomic mass is 10.1. The lowest BCUT2D eigenvalue weighted by molar-refractivity contribution is 0.415. The molecule has 0 aliphatic heterocycles. The van der Waals surface area contributed by atoms with Gasteiger partial charge in [-0.3, -0.25) is 0 Å². The number of thiocarbonyl (C=S) groups is 1. The summed E-state index contributed by atoms with van der Waals surface area (Å²) in [4.78, 5) is 0. The van der Waals surface area contributed by atoms with Crippen LogP contribution in [0.25, 0.3) is 0 Å². The van der Waals surface area contributed by atoms with Gasteiger partial charge in [-0.05, 0) is 42.8 Å². The Labute approximate surface area is 119 Å². The Bertz CT molecular complexity index is 410. The maximum absolute atomic E-state index is 6.03. The first-order valence-electron chi connectivity index (χ1n) is 5.91. The third-order valence-corrected chi connectivity index (χ3v) is 2.96. The number of benzene rings is 1. The molecule has 0 aromatic heterocycles. The summed E-state index contributed by atoms with van der Waals surface area (Å²) in [7, 11) is 1.59. The molecular weight excluding hydrogens is 268 g/mol. The minimum Gasteiger partial charge on any atom is -0.495 e. The predicted molar refractivity (Wildman–Crippen MR) is 81.7 cm³/mol. The standard InChI is InChI=1S/C13H19ClN2OS/c1-9(2)6-7-15-13(18)16-10-4-5-12(17-3)11(14)8-10/h4-5,8-9H,6-7H2,1-3H3,(H2,15,16,18). The number of nitrogens with one attached hydrogen (secondary N) is 2. The van der Waals surface area contributed by atoms with Crippen LogP contribution in [0.1, 0.15) is 20.3 Å². The second-order valence-electron chi connectivity index (χ2n) is 4.41. The summed E-state index contributed by atoms with van der Waals surface area (Å²) in [6, 6.07) is 5.47. The molecular formula is C13H19ClN2OS. The van der Waals surface area contributed by atoms with Crippen LogP contribution >= 0.6 is 23.8 Å². The first kappa shape index (κ1) is 15.1. The molecule has 0 unspecified atom stereocenters. The van der Waals surface area contributed by atoms with Crippen LogP contribution in [0.4, 0.5) is 5.69 Å². The lowest BCUT2D eigenvalue weighted by Crippen LogP contribution is -2.29. The van der Waals surface area contributed by atoms with Crippen molar-refractivity contribution in [1.82, 2.24) is 5.32 Å². The quantitative estimate of drug-likeness (QED) is 0.809. The van der Waals surface area contributed by atoms with Gasteiger partial charge in [0.05, 0.1) is 12.1 Å². The van der Waals surface area contributed by atoms with Crippen LogP contribution in [-0.4, -0.2) is 18.8 Å². The molecule has 0 amide bonds. The van der Waals surface area contributed by atoms with Crippen LogP contribution in [0, 0.1) is 5.92 Å². The van der Waals surface area contributed by atoms with Crippen molar-refractivity contribution >= 4 is 34.6 Å². The first-order valence-corrected chi connectivity index (χ1v) is 6.70. The van der Waals surface area contributed by atoms with E-state index in [1.54, 1.807) is 19.2 Å². The van der Waals surface area contributed by atoms with E-state index in [1.807, 2.05) is 6.07 Å². The first-order chi connectivity index (χ1) is 8.52. The van der Waals surface area contributed by atoms with Crippen molar-refractivity contribution in [2.45, 2.75) is 20.3 Å². The second-order valence-corrected chi connectivity index (χ2v) is 5.23. The van der Waals surface area contributed by atoms with Crippen molar-refractivity contribution in [3.8, 4) is 5.75 Å². The molecule has 0 heterocycles. The number of hydrogen-bond donors (Lipinski definition) is 2. The van der Waals surface area contributed by atoms with Crippen molar-refractivity contribution in [3.63, 3.8) is 0 Å². The molecule has 100 valence electrons. The van der Waals surface area contributed by atoms with Gasteiger partial charge >= 0.3 is 0 Å². The Morgan fingerprint density at radius 2 is 2.17 bits per heavy atom. The zero-order chi connectivity index (χ0) is 13.5. The van der Waals surface area contributed by atoms with Gasteiger partial charge in [0.1, 0.15) is 5.75 Å². The van der Waals surface area contributed by atoms with Crippen LogP contribution < -0.4 is 15.4 Å². The largest absolute Gasteiger partial charge is 0.495 e. The van der Waals surface area contributed by atoms with Crippen LogP contribution in [0.2, 0.25) is 5.02 Å². The number of hydrogen-bond acceptors (Lipinski definition) is 2. The van der Waals surface area contributed by atoms with Crippen LogP contribution in [0.3, 0.4) is 0 Å². The minimum atomic E-state index is 0.562. The van der Waals surface area contributed by atoms with Crippen LogP contribution in [0.15, 0.2) is 18.2 Å².